The van der Waals surface area contributed by atoms with Crippen LogP contribution in [0.15, 0.2) is 51.8 Å². The molecule has 1 N–H and O–H groups in total. The number of aromatic nitrogens is 2. The Kier molecular flexibility index (Phi) is 6.56. The Hall–Kier alpha value is -2.42. The van der Waals surface area contributed by atoms with Crippen LogP contribution in [0.25, 0.3) is 11.5 Å². The number of carbonyl (C=O) groups excluding carboxylic acids is 1. The smallest absolute Gasteiger partial charge is 0.322 e. The lowest BCUT2D eigenvalue weighted by Gasteiger charge is -2.05. The highest BCUT2D eigenvalue weighted by molar-refractivity contribution is 7.91. The third-order valence-electron chi connectivity index (χ3n) is 3.98. The summed E-state index contributed by atoms with van der Waals surface area (Å²) in [6, 6.07) is 11.3. The number of carbonyl (C=O) groups is 1. The van der Waals surface area contributed by atoms with Crippen molar-refractivity contribution in [1.29, 1.82) is 0 Å². The Morgan fingerprint density at radius 1 is 1.07 bits per heavy atom. The van der Waals surface area contributed by atoms with Crippen molar-refractivity contribution in [2.75, 3.05) is 11.1 Å². The van der Waals surface area contributed by atoms with Crippen LogP contribution >= 0.6 is 23.2 Å². The van der Waals surface area contributed by atoms with Crippen molar-refractivity contribution in [3.8, 4) is 11.5 Å². The lowest BCUT2D eigenvalue weighted by Crippen LogP contribution is -2.14. The van der Waals surface area contributed by atoms with E-state index in [0.717, 1.165) is 5.56 Å². The van der Waals surface area contributed by atoms with Gasteiger partial charge in [-0.15, -0.1) is 5.10 Å². The molecule has 0 saturated carbocycles. The molecule has 3 aromatic rings. The van der Waals surface area contributed by atoms with Gasteiger partial charge in [0.25, 0.3) is 0 Å². The molecule has 0 fully saturated rings. The largest absolute Gasteiger partial charge is 0.403 e. The summed E-state index contributed by atoms with van der Waals surface area (Å²) >= 11 is 11.9. The van der Waals surface area contributed by atoms with Crippen LogP contribution in [0.3, 0.4) is 0 Å². The van der Waals surface area contributed by atoms with Crippen molar-refractivity contribution >= 4 is 45.0 Å². The van der Waals surface area contributed by atoms with Crippen molar-refractivity contribution in [3.05, 3.63) is 58.1 Å². The molecule has 10 heteroatoms. The lowest BCUT2D eigenvalue weighted by molar-refractivity contribution is -0.116. The maximum atomic E-state index is 12.3. The molecular formula is C19H17Cl2N3O4S. The van der Waals surface area contributed by atoms with E-state index in [-0.39, 0.29) is 35.4 Å². The first-order chi connectivity index (χ1) is 13.7. The molecule has 0 spiro atoms. The van der Waals surface area contributed by atoms with Gasteiger partial charge in [0.05, 0.1) is 10.6 Å². The Morgan fingerprint density at radius 3 is 2.38 bits per heavy atom. The maximum absolute atomic E-state index is 12.3. The zero-order valence-electron chi connectivity index (χ0n) is 15.4. The fraction of sp³-hybridized carbons (Fsp3) is 0.211. The highest BCUT2D eigenvalue weighted by Crippen LogP contribution is 2.27. The normalized spacial score (nSPS) is 11.4. The van der Waals surface area contributed by atoms with Gasteiger partial charge < -0.3 is 4.42 Å². The second-order valence-electron chi connectivity index (χ2n) is 6.35. The van der Waals surface area contributed by atoms with E-state index in [0.29, 0.717) is 15.6 Å². The number of anilines is 1. The number of halogens is 2. The summed E-state index contributed by atoms with van der Waals surface area (Å²) in [7, 11) is -3.44. The van der Waals surface area contributed by atoms with Crippen LogP contribution in [-0.4, -0.2) is 30.3 Å². The van der Waals surface area contributed by atoms with E-state index >= 15 is 0 Å². The van der Waals surface area contributed by atoms with Crippen LogP contribution in [0.2, 0.25) is 10.0 Å². The van der Waals surface area contributed by atoms with Gasteiger partial charge in [0.15, 0.2) is 9.84 Å². The Labute approximate surface area is 178 Å². The molecule has 0 aliphatic rings. The third kappa shape index (κ3) is 5.79. The first kappa shape index (κ1) is 21.3. The van der Waals surface area contributed by atoms with E-state index in [1.165, 1.54) is 0 Å². The topological polar surface area (TPSA) is 102 Å². The number of hydrogen-bond acceptors (Lipinski definition) is 6. The van der Waals surface area contributed by atoms with Gasteiger partial charge in [0.2, 0.25) is 11.8 Å². The number of nitrogens with zero attached hydrogens (tertiary/aromatic N) is 2. The molecule has 0 saturated heterocycles. The van der Waals surface area contributed by atoms with Gasteiger partial charge in [-0.3, -0.25) is 10.1 Å². The first-order valence-corrected chi connectivity index (χ1v) is 11.0. The molecule has 0 bridgehead atoms. The summed E-state index contributed by atoms with van der Waals surface area (Å²) in [5, 5.41) is 10.9. The van der Waals surface area contributed by atoms with Crippen molar-refractivity contribution in [1.82, 2.24) is 10.2 Å². The van der Waals surface area contributed by atoms with Gasteiger partial charge >= 0.3 is 6.01 Å². The quantitative estimate of drug-likeness (QED) is 0.562. The minimum Gasteiger partial charge on any atom is -0.403 e. The van der Waals surface area contributed by atoms with Crippen molar-refractivity contribution < 1.29 is 17.6 Å². The minimum absolute atomic E-state index is 0.00814. The molecule has 1 amide bonds. The standard InChI is InChI=1S/C19H17Cl2N3O4S/c1-12-4-6-16(7-5-12)29(26,27)8-2-3-17(25)22-19-24-23-18(28-19)13-9-14(20)11-15(21)10-13/h4-7,9-11H,2-3,8H2,1H3,(H,22,24,25). The van der Waals surface area contributed by atoms with Crippen molar-refractivity contribution in [3.63, 3.8) is 0 Å². The van der Waals surface area contributed by atoms with Crippen LogP contribution < -0.4 is 5.32 Å². The number of nitrogens with one attached hydrogen (secondary N) is 1. The van der Waals surface area contributed by atoms with Crippen LogP contribution in [0, 0.1) is 6.92 Å². The SMILES string of the molecule is Cc1ccc(S(=O)(=O)CCCC(=O)Nc2nnc(-c3cc(Cl)cc(Cl)c3)o2)cc1. The molecule has 29 heavy (non-hydrogen) atoms. The lowest BCUT2D eigenvalue weighted by atomic mass is 10.2. The average molecular weight is 454 g/mol. The predicted octanol–water partition coefficient (Wildman–Crippen LogP) is 4.54. The van der Waals surface area contributed by atoms with Gasteiger partial charge in [0.1, 0.15) is 0 Å². The van der Waals surface area contributed by atoms with Gasteiger partial charge in [-0.25, -0.2) is 8.42 Å². The molecule has 0 atom stereocenters. The highest BCUT2D eigenvalue weighted by atomic mass is 35.5. The Bertz CT molecular complexity index is 1110. The number of aryl methyl sites for hydroxylation is 1. The molecule has 2 aromatic carbocycles. The molecular weight excluding hydrogens is 437 g/mol. The van der Waals surface area contributed by atoms with Gasteiger partial charge in [-0.05, 0) is 43.7 Å². The molecule has 7 nitrogen and oxygen atoms in total. The van der Waals surface area contributed by atoms with Crippen LogP contribution in [-0.2, 0) is 14.6 Å². The summed E-state index contributed by atoms with van der Waals surface area (Å²) < 4.78 is 30.0. The number of hydrogen-bond donors (Lipinski definition) is 1. The summed E-state index contributed by atoms with van der Waals surface area (Å²) in [5.74, 6) is -0.422. The van der Waals surface area contributed by atoms with E-state index in [1.54, 1.807) is 42.5 Å². The molecule has 0 aliphatic carbocycles. The third-order valence-corrected chi connectivity index (χ3v) is 6.23. The number of sulfone groups is 1. The molecule has 152 valence electrons. The van der Waals surface area contributed by atoms with Gasteiger partial charge in [0, 0.05) is 22.0 Å². The fourth-order valence-corrected chi connectivity index (χ4v) is 4.37. The number of rotatable bonds is 7. The van der Waals surface area contributed by atoms with Gasteiger partial charge in [-0.1, -0.05) is 46.0 Å². The monoisotopic (exact) mass is 453 g/mol. The van der Waals surface area contributed by atoms with E-state index in [1.807, 2.05) is 6.92 Å². The number of amides is 1. The summed E-state index contributed by atoms with van der Waals surface area (Å²) in [6.45, 7) is 1.88. The van der Waals surface area contributed by atoms with Crippen LogP contribution in [0.5, 0.6) is 0 Å². The maximum Gasteiger partial charge on any atom is 0.322 e. The predicted molar refractivity (Wildman–Crippen MR) is 111 cm³/mol. The molecule has 0 radical (unpaired) electrons. The highest BCUT2D eigenvalue weighted by Gasteiger charge is 2.16. The zero-order chi connectivity index (χ0) is 21.0. The minimum atomic E-state index is -3.44. The fourth-order valence-electron chi connectivity index (χ4n) is 2.54. The molecule has 1 aromatic heterocycles. The Balaban J connectivity index is 1.55. The first-order valence-electron chi connectivity index (χ1n) is 8.62. The summed E-state index contributed by atoms with van der Waals surface area (Å²) in [4.78, 5) is 12.3. The molecule has 0 aliphatic heterocycles. The summed E-state index contributed by atoms with van der Waals surface area (Å²) in [6.07, 6.45) is 0.152. The number of benzene rings is 2. The van der Waals surface area contributed by atoms with Crippen molar-refractivity contribution in [2.24, 2.45) is 0 Å². The van der Waals surface area contributed by atoms with E-state index in [9.17, 15) is 13.2 Å². The second kappa shape index (κ2) is 8.94. The van der Waals surface area contributed by atoms with Crippen LogP contribution in [0.1, 0.15) is 18.4 Å². The van der Waals surface area contributed by atoms with Crippen molar-refractivity contribution in [2.45, 2.75) is 24.7 Å². The molecule has 1 heterocycles. The zero-order valence-corrected chi connectivity index (χ0v) is 17.7. The molecule has 0 unspecified atom stereocenters. The second-order valence-corrected chi connectivity index (χ2v) is 9.34. The van der Waals surface area contributed by atoms with Gasteiger partial charge in [-0.2, -0.15) is 0 Å². The van der Waals surface area contributed by atoms with E-state index in [4.69, 9.17) is 27.6 Å². The molecule has 3 rings (SSSR count). The van der Waals surface area contributed by atoms with E-state index in [2.05, 4.69) is 15.5 Å². The Morgan fingerprint density at radius 2 is 1.72 bits per heavy atom. The summed E-state index contributed by atoms with van der Waals surface area (Å²) in [5.41, 5.74) is 1.49. The average Bonchev–Trinajstić information content (AvgIpc) is 3.09. The van der Waals surface area contributed by atoms with Crippen LogP contribution in [0.4, 0.5) is 6.01 Å². The van der Waals surface area contributed by atoms with E-state index < -0.39 is 15.7 Å².